The molecule has 132 valence electrons. The molecule has 1 aliphatic rings. The van der Waals surface area contributed by atoms with Gasteiger partial charge in [-0.15, -0.1) is 0 Å². The van der Waals surface area contributed by atoms with E-state index in [2.05, 4.69) is 15.4 Å². The highest BCUT2D eigenvalue weighted by molar-refractivity contribution is 5.89. The predicted molar refractivity (Wildman–Crippen MR) is 77.4 cm³/mol. The number of carbonyl (C=O) groups excluding carboxylic acids is 2. The Balaban J connectivity index is 2.07. The van der Waals surface area contributed by atoms with Crippen molar-refractivity contribution in [1.82, 2.24) is 10.3 Å². The number of pyridine rings is 1. The van der Waals surface area contributed by atoms with E-state index in [1.165, 1.54) is 7.11 Å². The second-order valence-electron chi connectivity index (χ2n) is 5.39. The highest BCUT2D eigenvalue weighted by Gasteiger charge is 2.35. The molecule has 0 spiro atoms. The van der Waals surface area contributed by atoms with Crippen molar-refractivity contribution in [3.8, 4) is 0 Å². The molecule has 7 nitrogen and oxygen atoms in total. The molecular formula is C14H16F3N3O4. The number of amides is 2. The van der Waals surface area contributed by atoms with E-state index >= 15 is 0 Å². The van der Waals surface area contributed by atoms with Crippen LogP contribution in [0.2, 0.25) is 0 Å². The third kappa shape index (κ3) is 4.06. The first-order valence-corrected chi connectivity index (χ1v) is 7.17. The third-order valence-electron chi connectivity index (χ3n) is 3.82. The number of urea groups is 1. The summed E-state index contributed by atoms with van der Waals surface area (Å²) < 4.78 is 42.6. The van der Waals surface area contributed by atoms with Crippen LogP contribution in [0.5, 0.6) is 0 Å². The lowest BCUT2D eigenvalue weighted by Gasteiger charge is -2.19. The van der Waals surface area contributed by atoms with Crippen molar-refractivity contribution in [1.29, 1.82) is 0 Å². The number of aromatic amines is 1. The first-order chi connectivity index (χ1) is 11.2. The summed E-state index contributed by atoms with van der Waals surface area (Å²) in [7, 11) is 1.24. The lowest BCUT2D eigenvalue weighted by Crippen LogP contribution is -2.43. The molecule has 1 saturated carbocycles. The van der Waals surface area contributed by atoms with Gasteiger partial charge in [0.05, 0.1) is 18.6 Å². The van der Waals surface area contributed by atoms with Gasteiger partial charge in [-0.25, -0.2) is 4.79 Å². The van der Waals surface area contributed by atoms with E-state index in [4.69, 9.17) is 0 Å². The maximum atomic E-state index is 12.6. The summed E-state index contributed by atoms with van der Waals surface area (Å²) in [5.41, 5.74) is -2.49. The van der Waals surface area contributed by atoms with Gasteiger partial charge < -0.3 is 20.4 Å². The number of aromatic nitrogens is 1. The Morgan fingerprint density at radius 3 is 2.67 bits per heavy atom. The van der Waals surface area contributed by atoms with Crippen molar-refractivity contribution in [2.75, 3.05) is 12.4 Å². The molecule has 0 saturated heterocycles. The number of H-pyrrole nitrogens is 1. The van der Waals surface area contributed by atoms with E-state index in [0.717, 1.165) is 0 Å². The monoisotopic (exact) mass is 347 g/mol. The molecule has 1 heterocycles. The van der Waals surface area contributed by atoms with Gasteiger partial charge in [0.15, 0.2) is 0 Å². The van der Waals surface area contributed by atoms with Gasteiger partial charge in [-0.2, -0.15) is 13.2 Å². The molecule has 1 aromatic heterocycles. The van der Waals surface area contributed by atoms with Crippen LogP contribution < -0.4 is 16.2 Å². The molecular weight excluding hydrogens is 331 g/mol. The summed E-state index contributed by atoms with van der Waals surface area (Å²) in [5.74, 6) is -0.977. The van der Waals surface area contributed by atoms with Crippen molar-refractivity contribution in [2.45, 2.75) is 31.5 Å². The number of anilines is 1. The van der Waals surface area contributed by atoms with Gasteiger partial charge in [0.2, 0.25) is 0 Å². The second kappa shape index (κ2) is 6.93. The Bertz CT molecular complexity index is 687. The molecule has 3 N–H and O–H groups in total. The number of ether oxygens (including phenoxy) is 1. The number of esters is 1. The summed E-state index contributed by atoms with van der Waals surface area (Å²) in [5, 5.41) is 4.57. The fourth-order valence-electron chi connectivity index (χ4n) is 2.63. The highest BCUT2D eigenvalue weighted by Crippen LogP contribution is 2.29. The van der Waals surface area contributed by atoms with Crippen LogP contribution >= 0.6 is 0 Å². The van der Waals surface area contributed by atoms with Crippen molar-refractivity contribution in [2.24, 2.45) is 5.92 Å². The lowest BCUT2D eigenvalue weighted by molar-refractivity contribution is -0.145. The maximum Gasteiger partial charge on any atom is 0.417 e. The van der Waals surface area contributed by atoms with Crippen LogP contribution in [0.25, 0.3) is 0 Å². The van der Waals surface area contributed by atoms with E-state index in [0.29, 0.717) is 31.5 Å². The van der Waals surface area contributed by atoms with Gasteiger partial charge in [0.25, 0.3) is 5.56 Å². The Hall–Kier alpha value is -2.52. The fourth-order valence-corrected chi connectivity index (χ4v) is 2.63. The summed E-state index contributed by atoms with van der Waals surface area (Å²) in [6, 6.07) is -0.812. The van der Waals surface area contributed by atoms with Crippen LogP contribution in [-0.4, -0.2) is 30.1 Å². The lowest BCUT2D eigenvalue weighted by atomic mass is 10.0. The van der Waals surface area contributed by atoms with Crippen LogP contribution in [0, 0.1) is 5.92 Å². The van der Waals surface area contributed by atoms with Crippen molar-refractivity contribution in [3.63, 3.8) is 0 Å². The minimum atomic E-state index is -4.65. The number of methoxy groups -OCH3 is 1. The van der Waals surface area contributed by atoms with Gasteiger partial charge in [0.1, 0.15) is 5.69 Å². The zero-order valence-corrected chi connectivity index (χ0v) is 12.7. The third-order valence-corrected chi connectivity index (χ3v) is 3.82. The largest absolute Gasteiger partial charge is 0.469 e. The van der Waals surface area contributed by atoms with E-state index in [1.807, 2.05) is 4.98 Å². The van der Waals surface area contributed by atoms with Crippen LogP contribution in [0.15, 0.2) is 17.1 Å². The van der Waals surface area contributed by atoms with E-state index in [9.17, 15) is 27.6 Å². The first kappa shape index (κ1) is 17.8. The standard InChI is InChI=1S/C14H16F3N3O4/c1-24-12(22)8-3-2-4-9(8)19-13(23)20-10-5-7(14(15,16)17)6-18-11(10)21/h5-6,8-9H,2-4H2,1H3,(H,18,21)(H2,19,20,23)/t8-,9+/m1/s1. The molecule has 0 bridgehead atoms. The normalized spacial score (nSPS) is 20.5. The predicted octanol–water partition coefficient (Wildman–Crippen LogP) is 1.86. The number of nitrogens with one attached hydrogen (secondary N) is 3. The number of rotatable bonds is 3. The number of hydrogen-bond donors (Lipinski definition) is 3. The van der Waals surface area contributed by atoms with Gasteiger partial charge >= 0.3 is 18.2 Å². The number of hydrogen-bond acceptors (Lipinski definition) is 4. The molecule has 1 fully saturated rings. The zero-order valence-electron chi connectivity index (χ0n) is 12.7. The highest BCUT2D eigenvalue weighted by atomic mass is 19.4. The molecule has 2 atom stereocenters. The molecule has 1 aromatic rings. The summed E-state index contributed by atoms with van der Waals surface area (Å²) in [6.07, 6.45) is -2.35. The van der Waals surface area contributed by atoms with Crippen LogP contribution in [-0.2, 0) is 15.7 Å². The van der Waals surface area contributed by atoms with Gasteiger partial charge in [-0.3, -0.25) is 9.59 Å². The van der Waals surface area contributed by atoms with Crippen molar-refractivity contribution in [3.05, 3.63) is 28.2 Å². The number of carbonyl (C=O) groups is 2. The molecule has 1 aliphatic carbocycles. The summed E-state index contributed by atoms with van der Waals surface area (Å²) >= 11 is 0. The molecule has 24 heavy (non-hydrogen) atoms. The summed E-state index contributed by atoms with van der Waals surface area (Å²) in [4.78, 5) is 37.0. The molecule has 2 amide bonds. The molecule has 0 unspecified atom stereocenters. The quantitative estimate of drug-likeness (QED) is 0.727. The second-order valence-corrected chi connectivity index (χ2v) is 5.39. The van der Waals surface area contributed by atoms with Crippen LogP contribution in [0.1, 0.15) is 24.8 Å². The molecule has 0 aromatic carbocycles. The Morgan fingerprint density at radius 2 is 2.04 bits per heavy atom. The van der Waals surface area contributed by atoms with Crippen LogP contribution in [0.3, 0.4) is 0 Å². The first-order valence-electron chi connectivity index (χ1n) is 7.17. The Kier molecular flexibility index (Phi) is 5.15. The number of halogens is 3. The minimum Gasteiger partial charge on any atom is -0.469 e. The molecule has 0 aliphatic heterocycles. The van der Waals surface area contributed by atoms with E-state index in [1.54, 1.807) is 0 Å². The Labute approximate surface area is 134 Å². The van der Waals surface area contributed by atoms with Gasteiger partial charge in [0, 0.05) is 12.2 Å². The SMILES string of the molecule is COC(=O)[C@@H]1CCC[C@@H]1NC(=O)Nc1cc(C(F)(F)F)c[nH]c1=O. The molecule has 2 rings (SSSR count). The average Bonchev–Trinajstić information content (AvgIpc) is 2.95. The minimum absolute atomic E-state index is 0.463. The fraction of sp³-hybridized carbons (Fsp3) is 0.500. The Morgan fingerprint density at radius 1 is 1.33 bits per heavy atom. The van der Waals surface area contributed by atoms with Crippen molar-refractivity contribution < 1.29 is 27.5 Å². The van der Waals surface area contributed by atoms with E-state index < -0.39 is 46.9 Å². The van der Waals surface area contributed by atoms with Crippen molar-refractivity contribution >= 4 is 17.7 Å². The van der Waals surface area contributed by atoms with E-state index in [-0.39, 0.29) is 0 Å². The van der Waals surface area contributed by atoms with Gasteiger partial charge in [-0.1, -0.05) is 6.42 Å². The van der Waals surface area contributed by atoms with Gasteiger partial charge in [-0.05, 0) is 18.9 Å². The smallest absolute Gasteiger partial charge is 0.417 e. The number of alkyl halides is 3. The average molecular weight is 347 g/mol. The maximum absolute atomic E-state index is 12.6. The zero-order chi connectivity index (χ0) is 17.9. The topological polar surface area (TPSA) is 100 Å². The molecule has 0 radical (unpaired) electrons. The molecule has 10 heteroatoms. The summed E-state index contributed by atoms with van der Waals surface area (Å²) in [6.45, 7) is 0. The van der Waals surface area contributed by atoms with Crippen LogP contribution in [0.4, 0.5) is 23.7 Å².